The minimum atomic E-state index is -0.297. The largest absolute Gasteiger partial charge is 0.399 e. The molecule has 0 aliphatic carbocycles. The number of carbonyl (C=O) groups excluding carboxylic acids is 1. The van der Waals surface area contributed by atoms with Crippen molar-refractivity contribution in [1.29, 1.82) is 0 Å². The Bertz CT molecular complexity index is 588. The number of nitrogen functional groups attached to an aromatic ring is 1. The number of carbonyl (C=O) groups is 1. The maximum absolute atomic E-state index is 12.7. The topological polar surface area (TPSA) is 43.1 Å². The number of hydrogen-bond acceptors (Lipinski definition) is 2. The molecular weight excluding hydrogens is 229 g/mol. The molecule has 0 atom stereocenters. The number of nitrogens with two attached hydrogens (primary N) is 1. The van der Waals surface area contributed by atoms with Gasteiger partial charge in [0, 0.05) is 11.3 Å². The second kappa shape index (κ2) is 5.27. The molecule has 2 aromatic rings. The van der Waals surface area contributed by atoms with Crippen LogP contribution < -0.4 is 5.73 Å². The molecule has 0 aliphatic heterocycles. The highest BCUT2D eigenvalue weighted by Crippen LogP contribution is 2.10. The van der Waals surface area contributed by atoms with Crippen molar-refractivity contribution < 1.29 is 9.18 Å². The van der Waals surface area contributed by atoms with Gasteiger partial charge in [-0.05, 0) is 35.9 Å². The van der Waals surface area contributed by atoms with Gasteiger partial charge in [-0.2, -0.15) is 0 Å². The maximum atomic E-state index is 12.7. The molecule has 0 heterocycles. The van der Waals surface area contributed by atoms with E-state index in [1.807, 2.05) is 0 Å². The van der Waals surface area contributed by atoms with Crippen molar-refractivity contribution in [1.82, 2.24) is 0 Å². The Morgan fingerprint density at radius 1 is 1.11 bits per heavy atom. The van der Waals surface area contributed by atoms with Crippen molar-refractivity contribution in [2.24, 2.45) is 0 Å². The Morgan fingerprint density at radius 2 is 1.83 bits per heavy atom. The molecule has 18 heavy (non-hydrogen) atoms. The molecule has 0 saturated heterocycles. The van der Waals surface area contributed by atoms with E-state index in [2.05, 4.69) is 0 Å². The van der Waals surface area contributed by atoms with Gasteiger partial charge in [-0.3, -0.25) is 4.79 Å². The molecule has 0 bridgehead atoms. The number of ketones is 1. The summed E-state index contributed by atoms with van der Waals surface area (Å²) >= 11 is 0. The normalized spacial score (nSPS) is 10.7. The first kappa shape index (κ1) is 12.0. The summed E-state index contributed by atoms with van der Waals surface area (Å²) in [6.07, 6.45) is 3.09. The average Bonchev–Trinajstić information content (AvgIpc) is 2.38. The van der Waals surface area contributed by atoms with Crippen LogP contribution in [0.15, 0.2) is 54.6 Å². The fraction of sp³-hybridized carbons (Fsp3) is 0. The minimum Gasteiger partial charge on any atom is -0.399 e. The van der Waals surface area contributed by atoms with E-state index in [0.717, 1.165) is 5.56 Å². The summed E-state index contributed by atoms with van der Waals surface area (Å²) in [5.74, 6) is -0.430. The number of benzene rings is 2. The molecular formula is C15H12FNO. The predicted octanol–water partition coefficient (Wildman–Crippen LogP) is 3.30. The van der Waals surface area contributed by atoms with Gasteiger partial charge in [-0.25, -0.2) is 4.39 Å². The standard InChI is InChI=1S/C15H12FNO/c16-13-7-4-11(5-8-13)6-9-15(18)12-2-1-3-14(17)10-12/h1-10H,17H2. The molecule has 2 nitrogen and oxygen atoms in total. The van der Waals surface area contributed by atoms with Gasteiger partial charge in [0.2, 0.25) is 0 Å². The molecule has 90 valence electrons. The first-order chi connectivity index (χ1) is 8.65. The first-order valence-corrected chi connectivity index (χ1v) is 5.49. The van der Waals surface area contributed by atoms with E-state index in [-0.39, 0.29) is 11.6 Å². The zero-order valence-corrected chi connectivity index (χ0v) is 9.64. The predicted molar refractivity (Wildman–Crippen MR) is 70.6 cm³/mol. The summed E-state index contributed by atoms with van der Waals surface area (Å²) < 4.78 is 12.7. The molecule has 2 N–H and O–H groups in total. The summed E-state index contributed by atoms with van der Waals surface area (Å²) in [5, 5.41) is 0. The quantitative estimate of drug-likeness (QED) is 0.509. The molecule has 0 amide bonds. The van der Waals surface area contributed by atoms with Gasteiger partial charge in [-0.1, -0.05) is 30.3 Å². The maximum Gasteiger partial charge on any atom is 0.185 e. The Balaban J connectivity index is 2.14. The van der Waals surface area contributed by atoms with Crippen molar-refractivity contribution in [3.63, 3.8) is 0 Å². The Hall–Kier alpha value is -2.42. The van der Waals surface area contributed by atoms with E-state index < -0.39 is 0 Å². The van der Waals surface area contributed by atoms with Crippen molar-refractivity contribution >= 4 is 17.5 Å². The number of hydrogen-bond donors (Lipinski definition) is 1. The van der Waals surface area contributed by atoms with E-state index in [9.17, 15) is 9.18 Å². The second-order valence-electron chi connectivity index (χ2n) is 3.87. The lowest BCUT2D eigenvalue weighted by Gasteiger charge is -1.97. The average molecular weight is 241 g/mol. The lowest BCUT2D eigenvalue weighted by molar-refractivity contribution is 0.104. The lowest BCUT2D eigenvalue weighted by atomic mass is 10.1. The lowest BCUT2D eigenvalue weighted by Crippen LogP contribution is -1.95. The third-order valence-corrected chi connectivity index (χ3v) is 2.47. The van der Waals surface area contributed by atoms with Gasteiger partial charge < -0.3 is 5.73 Å². The van der Waals surface area contributed by atoms with Gasteiger partial charge >= 0.3 is 0 Å². The summed E-state index contributed by atoms with van der Waals surface area (Å²) in [4.78, 5) is 11.8. The van der Waals surface area contributed by atoms with Crippen LogP contribution in [-0.2, 0) is 0 Å². The van der Waals surface area contributed by atoms with Crippen LogP contribution in [0.1, 0.15) is 15.9 Å². The van der Waals surface area contributed by atoms with Gasteiger partial charge in [-0.15, -0.1) is 0 Å². The fourth-order valence-corrected chi connectivity index (χ4v) is 1.53. The molecule has 0 saturated carbocycles. The van der Waals surface area contributed by atoms with Gasteiger partial charge in [0.1, 0.15) is 5.82 Å². The van der Waals surface area contributed by atoms with Crippen LogP contribution in [0.3, 0.4) is 0 Å². The smallest absolute Gasteiger partial charge is 0.185 e. The molecule has 0 fully saturated rings. The zero-order valence-electron chi connectivity index (χ0n) is 9.64. The number of rotatable bonds is 3. The van der Waals surface area contributed by atoms with E-state index in [4.69, 9.17) is 5.73 Å². The third kappa shape index (κ3) is 3.04. The highest BCUT2D eigenvalue weighted by Gasteiger charge is 2.01. The number of halogens is 1. The summed E-state index contributed by atoms with van der Waals surface area (Å²) in [6.45, 7) is 0. The molecule has 3 heteroatoms. The zero-order chi connectivity index (χ0) is 13.0. The molecule has 2 aromatic carbocycles. The summed E-state index contributed by atoms with van der Waals surface area (Å²) in [7, 11) is 0. The highest BCUT2D eigenvalue weighted by molar-refractivity contribution is 6.07. The fourth-order valence-electron chi connectivity index (χ4n) is 1.53. The van der Waals surface area contributed by atoms with Crippen LogP contribution in [0.5, 0.6) is 0 Å². The van der Waals surface area contributed by atoms with Gasteiger partial charge in [0.15, 0.2) is 5.78 Å². The van der Waals surface area contributed by atoms with E-state index in [1.54, 1.807) is 42.5 Å². The number of anilines is 1. The second-order valence-corrected chi connectivity index (χ2v) is 3.87. The van der Waals surface area contributed by atoms with Crippen molar-refractivity contribution in [2.45, 2.75) is 0 Å². The van der Waals surface area contributed by atoms with Crippen molar-refractivity contribution in [3.05, 3.63) is 71.6 Å². The molecule has 0 aliphatic rings. The Labute approximate surface area is 105 Å². The molecule has 0 aromatic heterocycles. The van der Waals surface area contributed by atoms with Crippen LogP contribution in [-0.4, -0.2) is 5.78 Å². The van der Waals surface area contributed by atoms with Crippen molar-refractivity contribution in [2.75, 3.05) is 5.73 Å². The van der Waals surface area contributed by atoms with E-state index >= 15 is 0 Å². The molecule has 0 spiro atoms. The van der Waals surface area contributed by atoms with Crippen LogP contribution in [0, 0.1) is 5.82 Å². The number of allylic oxidation sites excluding steroid dienone is 1. The Morgan fingerprint density at radius 3 is 2.50 bits per heavy atom. The van der Waals surface area contributed by atoms with Gasteiger partial charge in [0.25, 0.3) is 0 Å². The minimum absolute atomic E-state index is 0.133. The van der Waals surface area contributed by atoms with Crippen molar-refractivity contribution in [3.8, 4) is 0 Å². The summed E-state index contributed by atoms with van der Waals surface area (Å²) in [5.41, 5.74) is 7.46. The highest BCUT2D eigenvalue weighted by atomic mass is 19.1. The van der Waals surface area contributed by atoms with E-state index in [1.165, 1.54) is 18.2 Å². The monoisotopic (exact) mass is 241 g/mol. The van der Waals surface area contributed by atoms with E-state index in [0.29, 0.717) is 11.3 Å². The third-order valence-electron chi connectivity index (χ3n) is 2.47. The van der Waals surface area contributed by atoms with Crippen LogP contribution in [0.4, 0.5) is 10.1 Å². The Kier molecular flexibility index (Phi) is 3.53. The van der Waals surface area contributed by atoms with Crippen LogP contribution in [0.25, 0.3) is 6.08 Å². The SMILES string of the molecule is Nc1cccc(C(=O)C=Cc2ccc(F)cc2)c1. The summed E-state index contributed by atoms with van der Waals surface area (Å²) in [6, 6.07) is 12.7. The van der Waals surface area contributed by atoms with Crippen LogP contribution in [0.2, 0.25) is 0 Å². The first-order valence-electron chi connectivity index (χ1n) is 5.49. The molecule has 2 rings (SSSR count). The molecule has 0 radical (unpaired) electrons. The van der Waals surface area contributed by atoms with Crippen LogP contribution >= 0.6 is 0 Å². The van der Waals surface area contributed by atoms with Gasteiger partial charge in [0.05, 0.1) is 0 Å². The molecule has 0 unspecified atom stereocenters.